The summed E-state index contributed by atoms with van der Waals surface area (Å²) in [5, 5.41) is 0. The molecule has 0 bridgehead atoms. The maximum Gasteiger partial charge on any atom is 0.331 e. The van der Waals surface area contributed by atoms with Gasteiger partial charge >= 0.3 is 5.97 Å². The summed E-state index contributed by atoms with van der Waals surface area (Å²) in [6.45, 7) is 10.7. The zero-order valence-electron chi connectivity index (χ0n) is 15.2. The second-order valence-corrected chi connectivity index (χ2v) is 12.9. The molecule has 0 aromatic heterocycles. The van der Waals surface area contributed by atoms with Gasteiger partial charge in [-0.05, 0) is 24.2 Å². The zero-order chi connectivity index (χ0) is 17.9. The number of hydrogen-bond donors (Lipinski definition) is 0. The highest BCUT2D eigenvalue weighted by Crippen LogP contribution is 2.49. The molecule has 4 heteroatoms. The summed E-state index contributed by atoms with van der Waals surface area (Å²) >= 11 is 0. The van der Waals surface area contributed by atoms with Gasteiger partial charge in [-0.3, -0.25) is 4.79 Å². The third kappa shape index (κ3) is 4.49. The maximum atomic E-state index is 12.7. The van der Waals surface area contributed by atoms with Crippen molar-refractivity contribution < 1.29 is 14.3 Å². The molecular formula is C19H28O3Si. The number of carbonyl (C=O) groups excluding carboxylic acids is 2. The van der Waals surface area contributed by atoms with Crippen molar-refractivity contribution in [1.29, 1.82) is 0 Å². The largest absolute Gasteiger partial charge is 0.468 e. The first-order valence-corrected chi connectivity index (χ1v) is 11.6. The molecule has 0 amide bonds. The monoisotopic (exact) mass is 332 g/mol. The summed E-state index contributed by atoms with van der Waals surface area (Å²) in [5.74, 6) is 4.71. The van der Waals surface area contributed by atoms with Crippen LogP contribution in [0.15, 0.2) is 0 Å². The molecule has 0 heterocycles. The van der Waals surface area contributed by atoms with E-state index in [0.29, 0.717) is 19.3 Å². The van der Waals surface area contributed by atoms with Gasteiger partial charge in [0.2, 0.25) is 0 Å². The van der Waals surface area contributed by atoms with Gasteiger partial charge in [0.15, 0.2) is 11.2 Å². The highest BCUT2D eigenvalue weighted by Gasteiger charge is 2.56. The Morgan fingerprint density at radius 3 is 2.48 bits per heavy atom. The number of ether oxygens (including phenoxy) is 1. The van der Waals surface area contributed by atoms with Crippen LogP contribution in [0.25, 0.3) is 0 Å². The number of rotatable bonds is 3. The molecule has 2 atom stereocenters. The minimum absolute atomic E-state index is 0.150. The van der Waals surface area contributed by atoms with Gasteiger partial charge in [-0.2, -0.15) is 0 Å². The topological polar surface area (TPSA) is 43.4 Å². The van der Waals surface area contributed by atoms with Gasteiger partial charge in [0.1, 0.15) is 8.07 Å². The standard InChI is InChI=1S/C19H28O3Si/c1-8-19(17(21)22-4)15(11-9-10-12-23(5,6)7)13-18(2,3)14-16(19)20/h1,15H,9,11,13-14H2,2-7H3/t15-,19+/m1/s1. The normalized spacial score (nSPS) is 26.7. The molecule has 1 fully saturated rings. The number of esters is 1. The lowest BCUT2D eigenvalue weighted by Gasteiger charge is -2.43. The number of carbonyl (C=O) groups is 2. The lowest BCUT2D eigenvalue weighted by atomic mass is 9.57. The van der Waals surface area contributed by atoms with E-state index in [2.05, 4.69) is 37.0 Å². The maximum absolute atomic E-state index is 12.7. The van der Waals surface area contributed by atoms with E-state index in [1.54, 1.807) is 0 Å². The third-order valence-corrected chi connectivity index (χ3v) is 5.23. The Balaban J connectivity index is 3.09. The van der Waals surface area contributed by atoms with Gasteiger partial charge in [-0.1, -0.05) is 39.4 Å². The smallest absolute Gasteiger partial charge is 0.331 e. The van der Waals surface area contributed by atoms with Crippen molar-refractivity contribution in [3.05, 3.63) is 0 Å². The molecule has 1 aliphatic rings. The van der Waals surface area contributed by atoms with Crippen LogP contribution in [0.4, 0.5) is 0 Å². The molecule has 0 aliphatic heterocycles. The molecule has 0 N–H and O–H groups in total. The van der Waals surface area contributed by atoms with Crippen LogP contribution in [0, 0.1) is 40.6 Å². The van der Waals surface area contributed by atoms with Crippen molar-refractivity contribution in [3.8, 4) is 23.8 Å². The summed E-state index contributed by atoms with van der Waals surface area (Å²) in [6, 6.07) is 0. The Morgan fingerprint density at radius 1 is 1.39 bits per heavy atom. The Labute approximate surface area is 141 Å². The van der Waals surface area contributed by atoms with Gasteiger partial charge in [0.05, 0.1) is 7.11 Å². The second-order valence-electron chi connectivity index (χ2n) is 8.20. The minimum Gasteiger partial charge on any atom is -0.468 e. The number of terminal acetylenes is 1. The lowest BCUT2D eigenvalue weighted by Crippen LogP contribution is -2.51. The summed E-state index contributed by atoms with van der Waals surface area (Å²) in [5.41, 5.74) is 1.73. The van der Waals surface area contributed by atoms with Crippen molar-refractivity contribution >= 4 is 19.8 Å². The zero-order valence-corrected chi connectivity index (χ0v) is 16.2. The lowest BCUT2D eigenvalue weighted by molar-refractivity contribution is -0.161. The highest BCUT2D eigenvalue weighted by molar-refractivity contribution is 6.83. The fourth-order valence-corrected chi connectivity index (χ4v) is 3.94. The van der Waals surface area contributed by atoms with Crippen LogP contribution in [-0.4, -0.2) is 26.9 Å². The molecule has 0 aromatic carbocycles. The molecular weight excluding hydrogens is 304 g/mol. The fourth-order valence-electron chi connectivity index (χ4n) is 3.29. The molecule has 126 valence electrons. The SMILES string of the molecule is C#C[C@@]1(C(=O)OC)C(=O)CC(C)(C)C[C@H]1CCC#C[Si](C)(C)C. The molecule has 23 heavy (non-hydrogen) atoms. The molecule has 1 rings (SSSR count). The molecule has 3 nitrogen and oxygen atoms in total. The van der Waals surface area contributed by atoms with Crippen LogP contribution in [-0.2, 0) is 14.3 Å². The summed E-state index contributed by atoms with van der Waals surface area (Å²) in [4.78, 5) is 25.0. The van der Waals surface area contributed by atoms with Crippen molar-refractivity contribution in [1.82, 2.24) is 0 Å². The Kier molecular flexibility index (Phi) is 5.88. The molecule has 0 aromatic rings. The van der Waals surface area contributed by atoms with Gasteiger partial charge in [-0.15, -0.1) is 17.9 Å². The van der Waals surface area contributed by atoms with Crippen molar-refractivity contribution in [2.75, 3.05) is 7.11 Å². The average molecular weight is 333 g/mol. The third-order valence-electron chi connectivity index (χ3n) is 4.31. The number of ketones is 1. The first-order chi connectivity index (χ1) is 10.5. The van der Waals surface area contributed by atoms with E-state index in [9.17, 15) is 9.59 Å². The number of hydrogen-bond acceptors (Lipinski definition) is 3. The van der Waals surface area contributed by atoms with Crippen molar-refractivity contribution in [3.63, 3.8) is 0 Å². The van der Waals surface area contributed by atoms with Crippen LogP contribution in [0.2, 0.25) is 19.6 Å². The second kappa shape index (κ2) is 6.93. The predicted octanol–water partition coefficient (Wildman–Crippen LogP) is 3.45. The first kappa shape index (κ1) is 19.5. The van der Waals surface area contributed by atoms with Gasteiger partial charge < -0.3 is 4.74 Å². The minimum atomic E-state index is -1.44. The summed E-state index contributed by atoms with van der Waals surface area (Å²) in [6.07, 6.45) is 7.99. The number of Topliss-reactive ketones (excluding diaryl/α,β-unsaturated/α-hetero) is 1. The van der Waals surface area contributed by atoms with Gasteiger partial charge in [0.25, 0.3) is 0 Å². The Bertz CT molecular complexity index is 580. The Morgan fingerprint density at radius 2 is 2.00 bits per heavy atom. The van der Waals surface area contributed by atoms with Crippen LogP contribution in [0.5, 0.6) is 0 Å². The van der Waals surface area contributed by atoms with Gasteiger partial charge in [-0.25, -0.2) is 4.79 Å². The first-order valence-electron chi connectivity index (χ1n) is 8.08. The van der Waals surface area contributed by atoms with E-state index < -0.39 is 19.5 Å². The predicted molar refractivity (Wildman–Crippen MR) is 95.2 cm³/mol. The quantitative estimate of drug-likeness (QED) is 0.344. The van der Waals surface area contributed by atoms with E-state index in [-0.39, 0.29) is 17.1 Å². The summed E-state index contributed by atoms with van der Waals surface area (Å²) < 4.78 is 4.88. The van der Waals surface area contributed by atoms with Crippen LogP contribution in [0.3, 0.4) is 0 Å². The van der Waals surface area contributed by atoms with E-state index in [1.165, 1.54) is 7.11 Å². The molecule has 1 aliphatic carbocycles. The fraction of sp³-hybridized carbons (Fsp3) is 0.684. The highest BCUT2D eigenvalue weighted by atomic mass is 28.3. The van der Waals surface area contributed by atoms with E-state index in [0.717, 1.165) is 6.42 Å². The molecule has 0 spiro atoms. The van der Waals surface area contributed by atoms with E-state index in [1.807, 2.05) is 13.8 Å². The van der Waals surface area contributed by atoms with Crippen molar-refractivity contribution in [2.24, 2.45) is 16.7 Å². The van der Waals surface area contributed by atoms with Crippen LogP contribution >= 0.6 is 0 Å². The molecule has 0 unspecified atom stereocenters. The van der Waals surface area contributed by atoms with Crippen LogP contribution in [0.1, 0.15) is 39.5 Å². The van der Waals surface area contributed by atoms with Crippen molar-refractivity contribution in [2.45, 2.75) is 59.2 Å². The Hall–Kier alpha value is -1.52. The summed E-state index contributed by atoms with van der Waals surface area (Å²) in [7, 11) is -0.130. The van der Waals surface area contributed by atoms with E-state index >= 15 is 0 Å². The van der Waals surface area contributed by atoms with E-state index in [4.69, 9.17) is 11.2 Å². The molecule has 1 saturated carbocycles. The molecule has 0 radical (unpaired) electrons. The van der Waals surface area contributed by atoms with Crippen LogP contribution < -0.4 is 0 Å². The number of methoxy groups -OCH3 is 1. The average Bonchev–Trinajstić information content (AvgIpc) is 2.41. The molecule has 0 saturated heterocycles. The van der Waals surface area contributed by atoms with Gasteiger partial charge in [0, 0.05) is 12.8 Å².